The number of hydrogen-bond donors (Lipinski definition) is 0. The van der Waals surface area contributed by atoms with E-state index in [9.17, 15) is 12.8 Å². The number of aryl methyl sites for hydroxylation is 1. The van der Waals surface area contributed by atoms with Gasteiger partial charge in [-0.3, -0.25) is 0 Å². The van der Waals surface area contributed by atoms with Crippen LogP contribution in [-0.4, -0.2) is 12.4 Å². The molecule has 108 valence electrons. The van der Waals surface area contributed by atoms with Crippen molar-refractivity contribution in [1.82, 2.24) is 3.97 Å². The van der Waals surface area contributed by atoms with E-state index in [2.05, 4.69) is 0 Å². The maximum Gasteiger partial charge on any atom is 0.268 e. The second-order valence-electron chi connectivity index (χ2n) is 4.91. The molecule has 0 bridgehead atoms. The zero-order valence-electron chi connectivity index (χ0n) is 11.5. The van der Waals surface area contributed by atoms with Crippen molar-refractivity contribution < 1.29 is 12.8 Å². The molecule has 0 amide bonds. The molecule has 1 heterocycles. The lowest BCUT2D eigenvalue weighted by atomic mass is 10.2. The first-order valence-corrected chi connectivity index (χ1v) is 8.00. The fraction of sp³-hybridized carbons (Fsp3) is 0.125. The molecule has 3 nitrogen and oxygen atoms in total. The van der Waals surface area contributed by atoms with Gasteiger partial charge in [0, 0.05) is 5.69 Å². The van der Waals surface area contributed by atoms with Crippen LogP contribution in [0.15, 0.2) is 59.3 Å². The zero-order valence-corrected chi connectivity index (χ0v) is 12.3. The molecule has 3 rings (SSSR count). The number of rotatable bonds is 2. The average Bonchev–Trinajstić information content (AvgIpc) is 2.65. The third-order valence-electron chi connectivity index (χ3n) is 3.42. The highest BCUT2D eigenvalue weighted by Gasteiger charge is 2.24. The molecule has 2 aromatic rings. The molecule has 0 saturated heterocycles. The van der Waals surface area contributed by atoms with Gasteiger partial charge in [-0.25, -0.2) is 16.8 Å². The maximum absolute atomic E-state index is 13.7. The first-order chi connectivity index (χ1) is 10.00. The molecular weight excluding hydrogens is 289 g/mol. The molecule has 0 fully saturated rings. The minimum absolute atomic E-state index is 0.192. The molecule has 0 aliphatic heterocycles. The van der Waals surface area contributed by atoms with Crippen molar-refractivity contribution in [2.24, 2.45) is 0 Å². The van der Waals surface area contributed by atoms with Crippen molar-refractivity contribution in [1.29, 1.82) is 0 Å². The zero-order chi connectivity index (χ0) is 15.0. The summed E-state index contributed by atoms with van der Waals surface area (Å²) in [5.41, 5.74) is 1.76. The lowest BCUT2D eigenvalue weighted by molar-refractivity contribution is 0.586. The number of fused-ring (bicyclic) bond motifs is 1. The van der Waals surface area contributed by atoms with Gasteiger partial charge < -0.3 is 0 Å². The minimum atomic E-state index is -3.73. The molecule has 5 heteroatoms. The fourth-order valence-electron chi connectivity index (χ4n) is 2.51. The molecule has 0 radical (unpaired) electrons. The first-order valence-electron chi connectivity index (χ1n) is 6.56. The van der Waals surface area contributed by atoms with Crippen molar-refractivity contribution in [2.75, 3.05) is 0 Å². The third-order valence-corrected chi connectivity index (χ3v) is 5.26. The summed E-state index contributed by atoms with van der Waals surface area (Å²) >= 11 is 0. The average molecular weight is 303 g/mol. The molecule has 1 aromatic heterocycles. The Kier molecular flexibility index (Phi) is 3.29. The second kappa shape index (κ2) is 5.00. The van der Waals surface area contributed by atoms with Gasteiger partial charge in [-0.05, 0) is 49.3 Å². The van der Waals surface area contributed by atoms with Crippen LogP contribution in [0.25, 0.3) is 6.08 Å². The smallest absolute Gasteiger partial charge is 0.239 e. The Morgan fingerprint density at radius 3 is 2.62 bits per heavy atom. The van der Waals surface area contributed by atoms with E-state index in [1.807, 2.05) is 0 Å². The van der Waals surface area contributed by atoms with Gasteiger partial charge in [0.1, 0.15) is 5.83 Å². The summed E-state index contributed by atoms with van der Waals surface area (Å²) in [6.45, 7) is 1.71. The molecule has 1 aliphatic carbocycles. The number of aromatic nitrogens is 1. The summed E-state index contributed by atoms with van der Waals surface area (Å²) in [6.07, 6.45) is 4.83. The molecule has 0 N–H and O–H groups in total. The van der Waals surface area contributed by atoms with Gasteiger partial charge in [0.05, 0.1) is 10.6 Å². The third kappa shape index (κ3) is 2.34. The van der Waals surface area contributed by atoms with E-state index in [1.165, 1.54) is 28.3 Å². The first kappa shape index (κ1) is 13.8. The SMILES string of the molecule is Cc1cc2c(n1S(=O)(=O)c1ccccc1)C=C(F)C=CC2. The molecule has 21 heavy (non-hydrogen) atoms. The Hall–Kier alpha value is -2.14. The lowest BCUT2D eigenvalue weighted by Gasteiger charge is -2.11. The molecule has 0 unspecified atom stereocenters. The van der Waals surface area contributed by atoms with Gasteiger partial charge in [0.15, 0.2) is 0 Å². The van der Waals surface area contributed by atoms with Crippen LogP contribution in [0, 0.1) is 6.92 Å². The number of nitrogens with zero attached hydrogens (tertiary/aromatic N) is 1. The van der Waals surface area contributed by atoms with Crippen molar-refractivity contribution >= 4 is 16.1 Å². The number of hydrogen-bond acceptors (Lipinski definition) is 2. The van der Waals surface area contributed by atoms with Gasteiger partial charge in [0.2, 0.25) is 0 Å². The van der Waals surface area contributed by atoms with E-state index < -0.39 is 15.9 Å². The maximum atomic E-state index is 13.7. The Morgan fingerprint density at radius 1 is 1.19 bits per heavy atom. The number of allylic oxidation sites excluding steroid dienone is 3. The summed E-state index contributed by atoms with van der Waals surface area (Å²) in [5.74, 6) is -0.448. The highest BCUT2D eigenvalue weighted by Crippen LogP contribution is 2.27. The molecular formula is C16H14FNO2S. The Morgan fingerprint density at radius 2 is 1.90 bits per heavy atom. The number of benzene rings is 1. The van der Waals surface area contributed by atoms with Crippen LogP contribution in [0.1, 0.15) is 17.0 Å². The van der Waals surface area contributed by atoms with Crippen molar-refractivity contribution in [2.45, 2.75) is 18.2 Å². The highest BCUT2D eigenvalue weighted by atomic mass is 32.2. The Balaban J connectivity index is 2.26. The van der Waals surface area contributed by atoms with Crippen LogP contribution in [0.3, 0.4) is 0 Å². The molecule has 0 atom stereocenters. The van der Waals surface area contributed by atoms with Crippen LogP contribution in [-0.2, 0) is 16.4 Å². The topological polar surface area (TPSA) is 39.1 Å². The molecule has 1 aromatic carbocycles. The Labute approximate surface area is 123 Å². The quantitative estimate of drug-likeness (QED) is 0.852. The van der Waals surface area contributed by atoms with E-state index >= 15 is 0 Å². The predicted octanol–water partition coefficient (Wildman–Crippen LogP) is 3.46. The van der Waals surface area contributed by atoms with Crippen LogP contribution in [0.2, 0.25) is 0 Å². The summed E-state index contributed by atoms with van der Waals surface area (Å²) in [4.78, 5) is 0.192. The van der Waals surface area contributed by atoms with Gasteiger partial charge in [-0.1, -0.05) is 24.3 Å². The normalized spacial score (nSPS) is 14.5. The van der Waals surface area contributed by atoms with Gasteiger partial charge in [-0.15, -0.1) is 0 Å². The van der Waals surface area contributed by atoms with E-state index in [4.69, 9.17) is 0 Å². The lowest BCUT2D eigenvalue weighted by Crippen LogP contribution is -2.16. The van der Waals surface area contributed by atoms with Gasteiger partial charge >= 0.3 is 0 Å². The van der Waals surface area contributed by atoms with Crippen LogP contribution in [0.5, 0.6) is 0 Å². The minimum Gasteiger partial charge on any atom is -0.239 e. The van der Waals surface area contributed by atoms with E-state index in [1.54, 1.807) is 37.3 Å². The molecule has 1 aliphatic rings. The molecule has 0 spiro atoms. The van der Waals surface area contributed by atoms with E-state index in [-0.39, 0.29) is 4.90 Å². The largest absolute Gasteiger partial charge is 0.268 e. The van der Waals surface area contributed by atoms with Crippen molar-refractivity contribution in [3.05, 3.63) is 71.3 Å². The molecule has 0 saturated carbocycles. The van der Waals surface area contributed by atoms with Crippen molar-refractivity contribution in [3.63, 3.8) is 0 Å². The Bertz CT molecular complexity index is 846. The van der Waals surface area contributed by atoms with Crippen molar-refractivity contribution in [3.8, 4) is 0 Å². The highest BCUT2D eigenvalue weighted by molar-refractivity contribution is 7.90. The summed E-state index contributed by atoms with van der Waals surface area (Å²) < 4.78 is 40.5. The fourth-order valence-corrected chi connectivity index (χ4v) is 4.09. The van der Waals surface area contributed by atoms with Crippen LogP contribution < -0.4 is 0 Å². The number of halogens is 1. The summed E-state index contributed by atoms with van der Waals surface area (Å²) in [6, 6.07) is 9.96. The monoisotopic (exact) mass is 303 g/mol. The second-order valence-corrected chi connectivity index (χ2v) is 6.70. The predicted molar refractivity (Wildman–Crippen MR) is 80.1 cm³/mol. The van der Waals surface area contributed by atoms with Crippen LogP contribution in [0.4, 0.5) is 4.39 Å². The van der Waals surface area contributed by atoms with Gasteiger partial charge in [0.25, 0.3) is 10.0 Å². The van der Waals surface area contributed by atoms with Gasteiger partial charge in [-0.2, -0.15) is 0 Å². The summed E-state index contributed by atoms with van der Waals surface area (Å²) in [5, 5.41) is 0. The van der Waals surface area contributed by atoms with E-state index in [0.717, 1.165) is 5.56 Å². The standard InChI is InChI=1S/C16H14FNO2S/c1-12-10-13-6-5-7-14(17)11-16(13)18(12)21(19,20)15-8-3-2-4-9-15/h2-5,7-11H,6H2,1H3. The van der Waals surface area contributed by atoms with Crippen LogP contribution >= 0.6 is 0 Å². The summed E-state index contributed by atoms with van der Waals surface area (Å²) in [7, 11) is -3.73. The van der Waals surface area contributed by atoms with E-state index in [0.29, 0.717) is 17.8 Å².